The fraction of sp³-hybridized carbons (Fsp3) is 0.606. The summed E-state index contributed by atoms with van der Waals surface area (Å²) < 4.78 is 4.82. The normalized spacial score (nSPS) is 35.1. The van der Waals surface area contributed by atoms with Crippen LogP contribution >= 0.6 is 0 Å². The number of rotatable bonds is 7. The summed E-state index contributed by atoms with van der Waals surface area (Å²) in [4.78, 5) is 30.3. The van der Waals surface area contributed by atoms with Gasteiger partial charge in [0.15, 0.2) is 18.1 Å². The molecule has 1 amide bonds. The molecule has 9 heteroatoms. The molecule has 4 aliphatic rings. The molecule has 1 aromatic rings. The summed E-state index contributed by atoms with van der Waals surface area (Å²) in [5.74, 6) is 2.55. The molecule has 0 saturated heterocycles. The van der Waals surface area contributed by atoms with Crippen molar-refractivity contribution in [3.05, 3.63) is 35.4 Å². The topological polar surface area (TPSA) is 138 Å². The number of phenolic OH excluding ortho intramolecular Hbond substituents is 2. The highest BCUT2D eigenvalue weighted by Gasteiger charge is 2.63. The number of phenols is 2. The van der Waals surface area contributed by atoms with Crippen molar-refractivity contribution >= 4 is 17.6 Å². The Bertz CT molecular complexity index is 1350. The number of carbonyl (C=O) groups is 2. The van der Waals surface area contributed by atoms with Gasteiger partial charge in [-0.2, -0.15) is 0 Å². The molecule has 226 valence electrons. The van der Waals surface area contributed by atoms with E-state index in [1.54, 1.807) is 6.07 Å². The molecule has 0 aliphatic heterocycles. The van der Waals surface area contributed by atoms with Gasteiger partial charge >= 0.3 is 5.97 Å². The van der Waals surface area contributed by atoms with Crippen molar-refractivity contribution in [2.75, 3.05) is 13.7 Å². The first kappa shape index (κ1) is 30.0. The smallest absolute Gasteiger partial charge is 0.328 e. The van der Waals surface area contributed by atoms with Crippen LogP contribution in [-0.2, 0) is 25.6 Å². The Hall–Kier alpha value is -3.51. The third-order valence-electron chi connectivity index (χ3n) is 11.0. The number of terminal acetylenes is 1. The number of fused-ring (bicyclic) bond motifs is 5. The van der Waals surface area contributed by atoms with E-state index in [2.05, 4.69) is 36.3 Å². The standard InChI is InChI=1S/C33H42N2O7/c1-5-33(40)15-12-25-23-8-7-21-18-22(10-13-31(21,2)24(23)11-14-32(25,33)3)35-42-19-29(38)34-26(30(39)41-4)16-20-6-9-27(36)28(37)17-20/h1,6,9,17-18,23-26,36-37,40H,7-8,10-16,19H2,2-4H3,(H,34,38)/t23-,24-,25+,26-,31-,32+,33+/m0/s1. The number of hydrogen-bond acceptors (Lipinski definition) is 8. The van der Waals surface area contributed by atoms with Crippen LogP contribution < -0.4 is 5.32 Å². The predicted molar refractivity (Wildman–Crippen MR) is 156 cm³/mol. The van der Waals surface area contributed by atoms with E-state index in [9.17, 15) is 24.9 Å². The minimum atomic E-state index is -0.999. The number of aliphatic hydroxyl groups is 1. The predicted octanol–water partition coefficient (Wildman–Crippen LogP) is 4.00. The number of benzene rings is 1. The molecule has 7 atom stereocenters. The highest BCUT2D eigenvalue weighted by molar-refractivity contribution is 5.96. The van der Waals surface area contributed by atoms with Crippen molar-refractivity contribution in [3.8, 4) is 23.8 Å². The quantitative estimate of drug-likeness (QED) is 0.166. The van der Waals surface area contributed by atoms with Gasteiger partial charge < -0.3 is 30.2 Å². The third-order valence-corrected chi connectivity index (χ3v) is 11.0. The Balaban J connectivity index is 1.20. The largest absolute Gasteiger partial charge is 0.504 e. The van der Waals surface area contributed by atoms with Gasteiger partial charge in [0.2, 0.25) is 0 Å². The maximum absolute atomic E-state index is 12.6. The number of methoxy groups -OCH3 is 1. The number of nitrogens with zero attached hydrogens (tertiary/aromatic N) is 1. The molecule has 9 nitrogen and oxygen atoms in total. The lowest BCUT2D eigenvalue weighted by Crippen LogP contribution is -2.54. The molecule has 3 fully saturated rings. The van der Waals surface area contributed by atoms with Crippen molar-refractivity contribution in [2.24, 2.45) is 33.7 Å². The van der Waals surface area contributed by atoms with Gasteiger partial charge in [0.25, 0.3) is 5.91 Å². The molecule has 0 bridgehead atoms. The van der Waals surface area contributed by atoms with Gasteiger partial charge in [0.05, 0.1) is 12.8 Å². The number of esters is 1. The minimum Gasteiger partial charge on any atom is -0.504 e. The second-order valence-electron chi connectivity index (χ2n) is 13.0. The fourth-order valence-corrected chi connectivity index (χ4v) is 8.57. The van der Waals surface area contributed by atoms with Gasteiger partial charge in [-0.25, -0.2) is 4.79 Å². The first-order valence-corrected chi connectivity index (χ1v) is 14.9. The summed E-state index contributed by atoms with van der Waals surface area (Å²) in [5.41, 5.74) is 1.60. The number of nitrogens with one attached hydrogen (secondary N) is 1. The Morgan fingerprint density at radius 1 is 1.12 bits per heavy atom. The molecular weight excluding hydrogens is 536 g/mol. The highest BCUT2D eigenvalue weighted by atomic mass is 16.6. The number of amides is 1. The summed E-state index contributed by atoms with van der Waals surface area (Å²) in [6, 6.07) is 3.20. The third kappa shape index (κ3) is 5.15. The van der Waals surface area contributed by atoms with Crippen LogP contribution in [-0.4, -0.2) is 58.3 Å². The molecule has 0 radical (unpaired) electrons. The average Bonchev–Trinajstić information content (AvgIpc) is 3.25. The molecule has 0 unspecified atom stereocenters. The van der Waals surface area contributed by atoms with Crippen LogP contribution in [0.1, 0.15) is 70.8 Å². The lowest BCUT2D eigenvalue weighted by atomic mass is 9.46. The molecule has 0 aromatic heterocycles. The van der Waals surface area contributed by atoms with E-state index in [1.165, 1.54) is 24.8 Å². The van der Waals surface area contributed by atoms with Crippen LogP contribution in [0.5, 0.6) is 11.5 Å². The van der Waals surface area contributed by atoms with Crippen molar-refractivity contribution in [3.63, 3.8) is 0 Å². The van der Waals surface area contributed by atoms with Crippen molar-refractivity contribution in [1.29, 1.82) is 0 Å². The minimum absolute atomic E-state index is 0.0651. The molecule has 3 saturated carbocycles. The summed E-state index contributed by atoms with van der Waals surface area (Å²) in [6.45, 7) is 4.23. The second-order valence-corrected chi connectivity index (χ2v) is 13.0. The van der Waals surface area contributed by atoms with Crippen molar-refractivity contribution in [2.45, 2.75) is 83.3 Å². The van der Waals surface area contributed by atoms with Crippen LogP contribution in [0.3, 0.4) is 0 Å². The molecule has 5 rings (SSSR count). The van der Waals surface area contributed by atoms with E-state index in [0.717, 1.165) is 50.7 Å². The maximum atomic E-state index is 12.6. The molecular formula is C33H42N2O7. The molecule has 0 spiro atoms. The number of hydrogen-bond donors (Lipinski definition) is 4. The highest BCUT2D eigenvalue weighted by Crippen LogP contribution is 2.67. The monoisotopic (exact) mass is 578 g/mol. The zero-order chi connectivity index (χ0) is 30.3. The molecule has 1 aromatic carbocycles. The maximum Gasteiger partial charge on any atom is 0.328 e. The van der Waals surface area contributed by atoms with Crippen molar-refractivity contribution < 1.29 is 34.5 Å². The van der Waals surface area contributed by atoms with E-state index in [4.69, 9.17) is 16.0 Å². The Morgan fingerprint density at radius 3 is 2.60 bits per heavy atom. The molecule has 4 N–H and O–H groups in total. The summed E-state index contributed by atoms with van der Waals surface area (Å²) >= 11 is 0. The number of carbonyl (C=O) groups excluding carboxylic acids is 2. The number of allylic oxidation sites excluding steroid dienone is 2. The van der Waals surface area contributed by atoms with E-state index >= 15 is 0 Å². The van der Waals surface area contributed by atoms with Crippen LogP contribution in [0, 0.1) is 40.9 Å². The molecule has 42 heavy (non-hydrogen) atoms. The number of aromatic hydroxyl groups is 2. The Kier molecular flexibility index (Phi) is 8.06. The van der Waals surface area contributed by atoms with Gasteiger partial charge in [0, 0.05) is 11.8 Å². The van der Waals surface area contributed by atoms with Crippen LogP contribution in [0.25, 0.3) is 0 Å². The van der Waals surface area contributed by atoms with Crippen LogP contribution in [0.2, 0.25) is 0 Å². The lowest BCUT2D eigenvalue weighted by molar-refractivity contribution is -0.145. The molecule has 0 heterocycles. The zero-order valence-electron chi connectivity index (χ0n) is 24.7. The van der Waals surface area contributed by atoms with Gasteiger partial charge in [-0.05, 0) is 98.3 Å². The van der Waals surface area contributed by atoms with E-state index in [1.807, 2.05) is 0 Å². The Morgan fingerprint density at radius 2 is 1.88 bits per heavy atom. The molecule has 4 aliphatic carbocycles. The summed E-state index contributed by atoms with van der Waals surface area (Å²) in [6.07, 6.45) is 15.5. The average molecular weight is 579 g/mol. The van der Waals surface area contributed by atoms with Gasteiger partial charge in [-0.1, -0.05) is 36.6 Å². The van der Waals surface area contributed by atoms with E-state index in [-0.39, 0.29) is 35.4 Å². The number of ether oxygens (including phenoxy) is 1. The lowest BCUT2D eigenvalue weighted by Gasteiger charge is -2.58. The number of oxime groups is 1. The van der Waals surface area contributed by atoms with Crippen molar-refractivity contribution in [1.82, 2.24) is 5.32 Å². The van der Waals surface area contributed by atoms with Gasteiger partial charge in [0.1, 0.15) is 11.6 Å². The summed E-state index contributed by atoms with van der Waals surface area (Å²) in [7, 11) is 1.23. The van der Waals surface area contributed by atoms with E-state index in [0.29, 0.717) is 29.7 Å². The van der Waals surface area contributed by atoms with Gasteiger partial charge in [-0.15, -0.1) is 6.42 Å². The van der Waals surface area contributed by atoms with Gasteiger partial charge in [-0.3, -0.25) is 4.79 Å². The first-order chi connectivity index (χ1) is 19.9. The van der Waals surface area contributed by atoms with E-state index < -0.39 is 23.5 Å². The first-order valence-electron chi connectivity index (χ1n) is 14.9. The van der Waals surface area contributed by atoms with Crippen LogP contribution in [0.15, 0.2) is 35.0 Å². The van der Waals surface area contributed by atoms with Crippen LogP contribution in [0.4, 0.5) is 0 Å². The fourth-order valence-electron chi connectivity index (χ4n) is 8.57. The Labute approximate surface area is 247 Å². The zero-order valence-corrected chi connectivity index (χ0v) is 24.7. The summed E-state index contributed by atoms with van der Waals surface area (Å²) in [5, 5.41) is 37.4. The second kappa shape index (κ2) is 11.3. The SMILES string of the molecule is C#C[C@@]1(O)CC[C@@H]2[C@H]3CCC4=CC(=NOCC(=O)N[C@@H](Cc5ccc(O)c(O)c5)C(=O)OC)CC[C@]4(C)[C@H]3CC[C@]21C.